The van der Waals surface area contributed by atoms with E-state index in [2.05, 4.69) is 15.2 Å². The number of nitrogens with zero attached hydrogens (tertiary/aromatic N) is 4. The summed E-state index contributed by atoms with van der Waals surface area (Å²) in [5.74, 6) is 0. The van der Waals surface area contributed by atoms with Crippen LogP contribution in [0.15, 0.2) is 74.5 Å². The van der Waals surface area contributed by atoms with Gasteiger partial charge in [0.1, 0.15) is 12.3 Å². The van der Waals surface area contributed by atoms with E-state index in [0.717, 1.165) is 5.69 Å². The van der Waals surface area contributed by atoms with Crippen LogP contribution in [-0.4, -0.2) is 52.7 Å². The van der Waals surface area contributed by atoms with Crippen molar-refractivity contribution in [2.45, 2.75) is 24.9 Å². The summed E-state index contributed by atoms with van der Waals surface area (Å²) < 4.78 is 6.77. The third-order valence-corrected chi connectivity index (χ3v) is 5.49. The fourth-order valence-corrected chi connectivity index (χ4v) is 3.60. The van der Waals surface area contributed by atoms with Gasteiger partial charge in [0.15, 0.2) is 0 Å². The largest absolute Gasteiger partial charge is 0.394 e. The molecule has 1 fully saturated rings. The molecule has 10 heteroatoms. The smallest absolute Gasteiger partial charge is 0.330 e. The van der Waals surface area contributed by atoms with Crippen LogP contribution in [-0.2, 0) is 4.74 Å². The molecule has 1 aliphatic heterocycles. The van der Waals surface area contributed by atoms with Crippen LogP contribution in [0.3, 0.4) is 0 Å². The van der Waals surface area contributed by atoms with Gasteiger partial charge in [-0.1, -0.05) is 12.1 Å². The number of aliphatic hydroxyl groups is 2. The molecule has 1 saturated heterocycles. The zero-order valence-corrected chi connectivity index (χ0v) is 18.3. The highest BCUT2D eigenvalue weighted by Crippen LogP contribution is 2.28. The van der Waals surface area contributed by atoms with Crippen LogP contribution < -0.4 is 16.1 Å². The van der Waals surface area contributed by atoms with Crippen molar-refractivity contribution in [2.75, 3.05) is 25.6 Å². The molecule has 3 N–H and O–H groups in total. The van der Waals surface area contributed by atoms with E-state index in [-0.39, 0.29) is 18.6 Å². The van der Waals surface area contributed by atoms with Crippen LogP contribution in [0.5, 0.6) is 0 Å². The van der Waals surface area contributed by atoms with Gasteiger partial charge >= 0.3 is 5.69 Å². The second kappa shape index (κ2) is 9.49. The molecule has 0 unspecified atom stereocenters. The molecule has 0 amide bonds. The molecule has 3 aromatic rings. The van der Waals surface area contributed by atoms with Crippen LogP contribution in [0.1, 0.15) is 12.6 Å². The van der Waals surface area contributed by atoms with Gasteiger partial charge in [-0.25, -0.2) is 4.79 Å². The fraction of sp³-hybridized carbons (Fsp3) is 0.304. The lowest BCUT2D eigenvalue weighted by atomic mass is 10.1. The topological polar surface area (TPSA) is 133 Å². The van der Waals surface area contributed by atoms with Crippen LogP contribution >= 0.6 is 0 Å². The normalized spacial score (nSPS) is 20.4. The Morgan fingerprint density at radius 2 is 1.67 bits per heavy atom. The number of hydrogen-bond acceptors (Lipinski definition) is 8. The lowest BCUT2D eigenvalue weighted by molar-refractivity contribution is -0.0458. The Morgan fingerprint density at radius 3 is 2.21 bits per heavy atom. The number of nitrogens with one attached hydrogen (secondary N) is 1. The quantitative estimate of drug-likeness (QED) is 0.493. The molecule has 10 nitrogen and oxygen atoms in total. The number of H-pyrrole nitrogens is 1. The molecule has 3 atom stereocenters. The third kappa shape index (κ3) is 4.92. The molecule has 0 spiro atoms. The molecule has 0 radical (unpaired) electrons. The molecule has 1 aromatic heterocycles. The fourth-order valence-electron chi connectivity index (χ4n) is 3.60. The number of ether oxygens (including phenoxy) is 1. The van der Waals surface area contributed by atoms with Crippen LogP contribution in [0, 0.1) is 0 Å². The predicted molar refractivity (Wildman–Crippen MR) is 123 cm³/mol. The zero-order chi connectivity index (χ0) is 23.5. The Kier molecular flexibility index (Phi) is 6.50. The molecule has 33 heavy (non-hydrogen) atoms. The van der Waals surface area contributed by atoms with Gasteiger partial charge in [0.05, 0.1) is 29.6 Å². The lowest BCUT2D eigenvalue weighted by Gasteiger charge is -2.15. The maximum absolute atomic E-state index is 12.4. The molecule has 172 valence electrons. The molecule has 2 heterocycles. The van der Waals surface area contributed by atoms with Crippen molar-refractivity contribution in [1.29, 1.82) is 0 Å². The first-order valence-corrected chi connectivity index (χ1v) is 10.4. The summed E-state index contributed by atoms with van der Waals surface area (Å²) in [4.78, 5) is 29.0. The molecule has 0 aliphatic carbocycles. The Balaban J connectivity index is 1.55. The highest BCUT2D eigenvalue weighted by Gasteiger charge is 2.35. The minimum Gasteiger partial charge on any atom is -0.394 e. The summed E-state index contributed by atoms with van der Waals surface area (Å²) in [5, 5.41) is 27.7. The van der Waals surface area contributed by atoms with Crippen LogP contribution in [0.25, 0.3) is 11.1 Å². The van der Waals surface area contributed by atoms with Gasteiger partial charge < -0.3 is 19.8 Å². The van der Waals surface area contributed by atoms with E-state index in [0.29, 0.717) is 16.9 Å². The monoisotopic (exact) mass is 451 g/mol. The van der Waals surface area contributed by atoms with Crippen molar-refractivity contribution in [3.8, 4) is 11.1 Å². The van der Waals surface area contributed by atoms with Gasteiger partial charge in [-0.15, -0.1) is 0 Å². The van der Waals surface area contributed by atoms with E-state index in [1.807, 2.05) is 43.3 Å². The van der Waals surface area contributed by atoms with Gasteiger partial charge in [-0.2, -0.15) is 10.2 Å². The molecule has 2 aromatic carbocycles. The standard InChI is InChI=1S/C23H25N5O5/c1-27(2)17-9-7-16(8-10-17)26-25-15-5-3-14(4-6-15)18-12-28(23(32)24-22(18)31)21-11-19(30)20(13-29)33-21/h3-10,12,19-21,29-30H,11,13H2,1-2H3,(H,24,31,32)/t19-,20+,21+/m0/s1. The van der Waals surface area contributed by atoms with Gasteiger partial charge in [-0.3, -0.25) is 14.3 Å². The van der Waals surface area contributed by atoms with Gasteiger partial charge in [0.2, 0.25) is 0 Å². The van der Waals surface area contributed by atoms with E-state index < -0.39 is 29.7 Å². The first-order valence-electron chi connectivity index (χ1n) is 10.4. The maximum Gasteiger partial charge on any atom is 0.330 e. The average molecular weight is 451 g/mol. The summed E-state index contributed by atoms with van der Waals surface area (Å²) in [5.41, 5.74) is 2.05. The molecular formula is C23H25N5O5. The number of anilines is 1. The minimum atomic E-state index is -0.897. The lowest BCUT2D eigenvalue weighted by Crippen LogP contribution is -2.33. The Labute approximate surface area is 189 Å². The van der Waals surface area contributed by atoms with E-state index in [1.54, 1.807) is 24.3 Å². The number of rotatable bonds is 6. The number of aromatic nitrogens is 2. The van der Waals surface area contributed by atoms with Crippen molar-refractivity contribution >= 4 is 17.1 Å². The number of aliphatic hydroxyl groups excluding tert-OH is 2. The first kappa shape index (κ1) is 22.6. The summed E-state index contributed by atoms with van der Waals surface area (Å²) in [6, 6.07) is 14.5. The number of aromatic amines is 1. The Morgan fingerprint density at radius 1 is 1.06 bits per heavy atom. The van der Waals surface area contributed by atoms with E-state index in [4.69, 9.17) is 4.74 Å². The molecule has 0 bridgehead atoms. The summed E-state index contributed by atoms with van der Waals surface area (Å²) >= 11 is 0. The molecular weight excluding hydrogens is 426 g/mol. The predicted octanol–water partition coefficient (Wildman–Crippen LogP) is 2.33. The van der Waals surface area contributed by atoms with Crippen LogP contribution in [0.4, 0.5) is 17.1 Å². The summed E-state index contributed by atoms with van der Waals surface area (Å²) in [6.07, 6.45) is -0.925. The SMILES string of the molecule is CN(C)c1ccc(N=Nc2ccc(-c3cn([C@H]4C[C@H](O)[C@@H](CO)O4)c(=O)[nH]c3=O)cc2)cc1. The van der Waals surface area contributed by atoms with Crippen LogP contribution in [0.2, 0.25) is 0 Å². The van der Waals surface area contributed by atoms with Crippen molar-refractivity contribution in [2.24, 2.45) is 10.2 Å². The van der Waals surface area contributed by atoms with Gasteiger partial charge in [0.25, 0.3) is 5.56 Å². The first-order chi connectivity index (χ1) is 15.9. The average Bonchev–Trinajstić information content (AvgIpc) is 3.19. The minimum absolute atomic E-state index is 0.130. The summed E-state index contributed by atoms with van der Waals surface area (Å²) in [6.45, 7) is -0.363. The Bertz CT molecular complexity index is 1250. The van der Waals surface area contributed by atoms with E-state index >= 15 is 0 Å². The van der Waals surface area contributed by atoms with Gasteiger partial charge in [-0.05, 0) is 42.0 Å². The highest BCUT2D eigenvalue weighted by molar-refractivity contribution is 5.63. The number of benzene rings is 2. The van der Waals surface area contributed by atoms with Crippen molar-refractivity contribution in [3.05, 3.63) is 75.6 Å². The van der Waals surface area contributed by atoms with Gasteiger partial charge in [0, 0.05) is 32.4 Å². The number of hydrogen-bond donors (Lipinski definition) is 3. The molecule has 1 aliphatic rings. The third-order valence-electron chi connectivity index (χ3n) is 5.49. The molecule has 4 rings (SSSR count). The number of azo groups is 1. The van der Waals surface area contributed by atoms with Crippen molar-refractivity contribution in [1.82, 2.24) is 9.55 Å². The highest BCUT2D eigenvalue weighted by atomic mass is 16.5. The van der Waals surface area contributed by atoms with Crippen molar-refractivity contribution < 1.29 is 14.9 Å². The second-order valence-electron chi connectivity index (χ2n) is 7.98. The van der Waals surface area contributed by atoms with E-state index in [1.165, 1.54) is 10.8 Å². The summed E-state index contributed by atoms with van der Waals surface area (Å²) in [7, 11) is 3.93. The Hall–Kier alpha value is -3.60. The van der Waals surface area contributed by atoms with E-state index in [9.17, 15) is 19.8 Å². The molecule has 0 saturated carbocycles. The maximum atomic E-state index is 12.4. The zero-order valence-electron chi connectivity index (χ0n) is 18.3. The second-order valence-corrected chi connectivity index (χ2v) is 7.98. The van der Waals surface area contributed by atoms with Crippen molar-refractivity contribution in [3.63, 3.8) is 0 Å².